The molecule has 0 aromatic heterocycles. The zero-order valence-electron chi connectivity index (χ0n) is 13.2. The van der Waals surface area contributed by atoms with Gasteiger partial charge in [-0.1, -0.05) is 0 Å². The number of fused-ring (bicyclic) bond motifs is 1. The normalized spacial score (nSPS) is 38.6. The molecule has 5 rings (SSSR count). The third kappa shape index (κ3) is 2.17. The van der Waals surface area contributed by atoms with Gasteiger partial charge in [-0.3, -0.25) is 19.3 Å². The second-order valence-electron chi connectivity index (χ2n) is 7.75. The number of likely N-dealkylation sites (tertiary alicyclic amines) is 1. The summed E-state index contributed by atoms with van der Waals surface area (Å²) in [6, 6.07) is -0.294. The average molecular weight is 304 g/mol. The van der Waals surface area contributed by atoms with E-state index in [1.54, 1.807) is 6.92 Å². The molecule has 3 heterocycles. The van der Waals surface area contributed by atoms with Crippen molar-refractivity contribution in [1.29, 1.82) is 0 Å². The summed E-state index contributed by atoms with van der Waals surface area (Å²) in [6.07, 6.45) is 6.60. The van der Waals surface area contributed by atoms with Crippen molar-refractivity contribution in [2.75, 3.05) is 6.54 Å². The Balaban J connectivity index is 1.55. The predicted molar refractivity (Wildman–Crippen MR) is 79.6 cm³/mol. The monoisotopic (exact) mass is 304 g/mol. The second kappa shape index (κ2) is 5.07. The van der Waals surface area contributed by atoms with Crippen LogP contribution in [-0.2, 0) is 14.4 Å². The number of carbonyl (C=O) groups is 3. The predicted octanol–water partition coefficient (Wildman–Crippen LogP) is 1.56. The van der Waals surface area contributed by atoms with Gasteiger partial charge in [0.15, 0.2) is 0 Å². The molecule has 0 N–H and O–H groups in total. The van der Waals surface area contributed by atoms with E-state index in [0.717, 1.165) is 31.2 Å². The fraction of sp³-hybridized carbons (Fsp3) is 0.824. The largest absolute Gasteiger partial charge is 0.338 e. The summed E-state index contributed by atoms with van der Waals surface area (Å²) in [5, 5.41) is 0. The lowest BCUT2D eigenvalue weighted by atomic mass is 9.68. The molecule has 120 valence electrons. The van der Waals surface area contributed by atoms with Gasteiger partial charge in [0.05, 0.1) is 0 Å². The van der Waals surface area contributed by atoms with Crippen LogP contribution in [0.15, 0.2) is 0 Å². The fourth-order valence-electron chi connectivity index (χ4n) is 5.43. The van der Waals surface area contributed by atoms with Gasteiger partial charge in [-0.25, -0.2) is 0 Å². The lowest BCUT2D eigenvalue weighted by Gasteiger charge is -2.39. The molecule has 0 aromatic rings. The standard InChI is InChI=1S/C17H24N2O3/c1-10(19-15(20)2-3-16(19)21)17(22)18-9-13-5-11-4-12(6-13)8-14(18)7-11/h10-14H,2-9H2,1H3/t10-,11-,12+,13?,14?/m1/s1. The summed E-state index contributed by atoms with van der Waals surface area (Å²) in [4.78, 5) is 40.0. The van der Waals surface area contributed by atoms with Crippen LogP contribution in [0.25, 0.3) is 0 Å². The first-order valence-electron chi connectivity index (χ1n) is 8.68. The Morgan fingerprint density at radius 1 is 0.955 bits per heavy atom. The molecule has 0 spiro atoms. The molecule has 4 bridgehead atoms. The van der Waals surface area contributed by atoms with Gasteiger partial charge in [-0.15, -0.1) is 0 Å². The minimum atomic E-state index is -0.627. The first-order chi connectivity index (χ1) is 10.5. The highest BCUT2D eigenvalue weighted by Crippen LogP contribution is 2.47. The maximum absolute atomic E-state index is 13.0. The van der Waals surface area contributed by atoms with Crippen LogP contribution in [0.5, 0.6) is 0 Å². The molecule has 3 amide bonds. The Morgan fingerprint density at radius 3 is 2.09 bits per heavy atom. The van der Waals surface area contributed by atoms with E-state index in [1.807, 2.05) is 4.90 Å². The number of amides is 3. The highest BCUT2D eigenvalue weighted by molar-refractivity contribution is 6.05. The number of hydrogen-bond acceptors (Lipinski definition) is 3. The molecular weight excluding hydrogens is 280 g/mol. The minimum absolute atomic E-state index is 0.0122. The van der Waals surface area contributed by atoms with Crippen LogP contribution in [0.1, 0.15) is 51.9 Å². The van der Waals surface area contributed by atoms with Crippen LogP contribution >= 0.6 is 0 Å². The summed E-state index contributed by atoms with van der Waals surface area (Å²) < 4.78 is 0. The van der Waals surface area contributed by atoms with E-state index in [-0.39, 0.29) is 30.6 Å². The molecule has 5 atom stereocenters. The molecule has 5 nitrogen and oxygen atoms in total. The van der Waals surface area contributed by atoms with E-state index in [0.29, 0.717) is 12.0 Å². The van der Waals surface area contributed by atoms with E-state index in [4.69, 9.17) is 0 Å². The van der Waals surface area contributed by atoms with Crippen molar-refractivity contribution in [2.24, 2.45) is 17.8 Å². The van der Waals surface area contributed by atoms with Gasteiger partial charge < -0.3 is 4.90 Å². The van der Waals surface area contributed by atoms with Crippen molar-refractivity contribution in [3.8, 4) is 0 Å². The Morgan fingerprint density at radius 2 is 1.50 bits per heavy atom. The number of rotatable bonds is 2. The number of carbonyl (C=O) groups excluding carboxylic acids is 3. The van der Waals surface area contributed by atoms with Crippen molar-refractivity contribution >= 4 is 17.7 Å². The van der Waals surface area contributed by atoms with Crippen molar-refractivity contribution in [2.45, 2.75) is 64.0 Å². The molecule has 5 heteroatoms. The molecule has 3 saturated heterocycles. The molecule has 5 fully saturated rings. The van der Waals surface area contributed by atoms with E-state index in [9.17, 15) is 14.4 Å². The topological polar surface area (TPSA) is 57.7 Å². The molecule has 2 unspecified atom stereocenters. The summed E-state index contributed by atoms with van der Waals surface area (Å²) >= 11 is 0. The SMILES string of the molecule is C[C@H](C(=O)N1CC2C[C@@H]3CC1C[C@H](C2)C3)N1C(=O)CCC1=O. The van der Waals surface area contributed by atoms with Gasteiger partial charge in [0.25, 0.3) is 0 Å². The van der Waals surface area contributed by atoms with Crippen molar-refractivity contribution in [3.05, 3.63) is 0 Å². The third-order valence-corrected chi connectivity index (χ3v) is 6.22. The van der Waals surface area contributed by atoms with Gasteiger partial charge in [-0.2, -0.15) is 0 Å². The summed E-state index contributed by atoms with van der Waals surface area (Å²) in [5.41, 5.74) is 0. The van der Waals surface area contributed by atoms with Gasteiger partial charge in [0.1, 0.15) is 6.04 Å². The van der Waals surface area contributed by atoms with Crippen LogP contribution in [0.3, 0.4) is 0 Å². The molecular formula is C17H24N2O3. The molecule has 2 aliphatic carbocycles. The van der Waals surface area contributed by atoms with Gasteiger partial charge in [0.2, 0.25) is 17.7 Å². The second-order valence-corrected chi connectivity index (χ2v) is 7.75. The first kappa shape index (κ1) is 14.2. The van der Waals surface area contributed by atoms with E-state index >= 15 is 0 Å². The number of imide groups is 1. The Hall–Kier alpha value is -1.39. The minimum Gasteiger partial charge on any atom is -0.338 e. The van der Waals surface area contributed by atoms with Gasteiger partial charge in [0, 0.05) is 25.4 Å². The van der Waals surface area contributed by atoms with Crippen molar-refractivity contribution < 1.29 is 14.4 Å². The highest BCUT2D eigenvalue weighted by Gasteiger charge is 2.46. The molecule has 5 aliphatic rings. The lowest BCUT2D eigenvalue weighted by molar-refractivity contribution is -0.151. The Bertz CT molecular complexity index is 502. The summed E-state index contributed by atoms with van der Waals surface area (Å²) in [5.74, 6) is 1.80. The number of hydrogen-bond donors (Lipinski definition) is 0. The lowest BCUT2D eigenvalue weighted by Crippen LogP contribution is -2.52. The van der Waals surface area contributed by atoms with Crippen LogP contribution in [0.4, 0.5) is 0 Å². The van der Waals surface area contributed by atoms with Crippen LogP contribution < -0.4 is 0 Å². The van der Waals surface area contributed by atoms with Crippen LogP contribution in [0.2, 0.25) is 0 Å². The zero-order chi connectivity index (χ0) is 15.4. The summed E-state index contributed by atoms with van der Waals surface area (Å²) in [7, 11) is 0. The van der Waals surface area contributed by atoms with E-state index in [2.05, 4.69) is 0 Å². The summed E-state index contributed by atoms with van der Waals surface area (Å²) in [6.45, 7) is 2.55. The Kier molecular flexibility index (Phi) is 3.27. The Labute approximate surface area is 131 Å². The van der Waals surface area contributed by atoms with Crippen molar-refractivity contribution in [1.82, 2.24) is 9.80 Å². The maximum Gasteiger partial charge on any atom is 0.245 e. The first-order valence-corrected chi connectivity index (χ1v) is 8.68. The average Bonchev–Trinajstić information content (AvgIpc) is 2.68. The third-order valence-electron chi connectivity index (χ3n) is 6.22. The molecule has 3 aliphatic heterocycles. The van der Waals surface area contributed by atoms with Gasteiger partial charge >= 0.3 is 0 Å². The molecule has 0 radical (unpaired) electrons. The molecule has 2 saturated carbocycles. The van der Waals surface area contributed by atoms with E-state index in [1.165, 1.54) is 24.2 Å². The fourth-order valence-corrected chi connectivity index (χ4v) is 5.43. The molecule has 22 heavy (non-hydrogen) atoms. The zero-order valence-corrected chi connectivity index (χ0v) is 13.2. The maximum atomic E-state index is 13.0. The highest BCUT2D eigenvalue weighted by atomic mass is 16.2. The van der Waals surface area contributed by atoms with Gasteiger partial charge in [-0.05, 0) is 56.8 Å². The number of nitrogens with zero attached hydrogens (tertiary/aromatic N) is 2. The smallest absolute Gasteiger partial charge is 0.245 e. The van der Waals surface area contributed by atoms with Crippen molar-refractivity contribution in [3.63, 3.8) is 0 Å². The van der Waals surface area contributed by atoms with E-state index < -0.39 is 6.04 Å². The van der Waals surface area contributed by atoms with Crippen LogP contribution in [0, 0.1) is 17.8 Å². The molecule has 0 aromatic carbocycles. The van der Waals surface area contributed by atoms with Crippen LogP contribution in [-0.4, -0.2) is 46.1 Å². The quantitative estimate of drug-likeness (QED) is 0.728.